The molecule has 3 rings (SSSR count). The monoisotopic (exact) mass is 257 g/mol. The Morgan fingerprint density at radius 1 is 1.22 bits per heavy atom. The number of aryl methyl sites for hydroxylation is 1. The van der Waals surface area contributed by atoms with Crippen molar-refractivity contribution in [3.8, 4) is 27.8 Å². The Hall–Kier alpha value is -2.07. The Labute approximate surface area is 108 Å². The van der Waals surface area contributed by atoms with Gasteiger partial charge >= 0.3 is 0 Å². The van der Waals surface area contributed by atoms with Gasteiger partial charge in [-0.1, -0.05) is 12.1 Å². The summed E-state index contributed by atoms with van der Waals surface area (Å²) in [6.07, 6.45) is 1.64. The molecule has 0 aliphatic heterocycles. The van der Waals surface area contributed by atoms with Gasteiger partial charge in [-0.05, 0) is 31.2 Å². The maximum Gasteiger partial charge on any atom is 0.153 e. The third-order valence-electron chi connectivity index (χ3n) is 2.64. The van der Waals surface area contributed by atoms with Crippen molar-refractivity contribution in [1.29, 1.82) is 0 Å². The molecule has 0 aliphatic carbocycles. The van der Waals surface area contributed by atoms with Crippen LogP contribution in [0.15, 0.2) is 47.1 Å². The lowest BCUT2D eigenvalue weighted by atomic mass is 10.2. The van der Waals surface area contributed by atoms with E-state index in [4.69, 9.17) is 4.42 Å². The number of benzene rings is 1. The van der Waals surface area contributed by atoms with Crippen molar-refractivity contribution in [2.75, 3.05) is 0 Å². The molecule has 90 valence electrons. The second-order valence-corrected chi connectivity index (χ2v) is 5.15. The fourth-order valence-corrected chi connectivity index (χ4v) is 2.72. The van der Waals surface area contributed by atoms with Crippen LogP contribution in [0.3, 0.4) is 0 Å². The van der Waals surface area contributed by atoms with Crippen LogP contribution < -0.4 is 0 Å². The van der Waals surface area contributed by atoms with Gasteiger partial charge < -0.3 is 9.52 Å². The molecule has 0 radical (unpaired) electrons. The molecule has 0 unspecified atom stereocenters. The molecule has 1 N–H and O–H groups in total. The van der Waals surface area contributed by atoms with Crippen molar-refractivity contribution in [1.82, 2.24) is 4.98 Å². The minimum absolute atomic E-state index is 0.250. The van der Waals surface area contributed by atoms with E-state index < -0.39 is 0 Å². The number of thiazole rings is 1. The van der Waals surface area contributed by atoms with Crippen molar-refractivity contribution in [2.24, 2.45) is 0 Å². The number of furan rings is 1. The van der Waals surface area contributed by atoms with Gasteiger partial charge in [-0.25, -0.2) is 4.98 Å². The second kappa shape index (κ2) is 4.31. The van der Waals surface area contributed by atoms with E-state index in [1.165, 1.54) is 0 Å². The van der Waals surface area contributed by atoms with Gasteiger partial charge in [0.1, 0.15) is 16.5 Å². The van der Waals surface area contributed by atoms with Crippen molar-refractivity contribution in [3.63, 3.8) is 0 Å². The second-order valence-electron chi connectivity index (χ2n) is 3.95. The average Bonchev–Trinajstić information content (AvgIpc) is 2.97. The van der Waals surface area contributed by atoms with E-state index in [0.29, 0.717) is 0 Å². The molecule has 3 nitrogen and oxygen atoms in total. The van der Waals surface area contributed by atoms with Crippen molar-refractivity contribution in [3.05, 3.63) is 47.5 Å². The van der Waals surface area contributed by atoms with E-state index in [2.05, 4.69) is 4.98 Å². The summed E-state index contributed by atoms with van der Waals surface area (Å²) < 4.78 is 5.37. The van der Waals surface area contributed by atoms with Crippen LogP contribution in [-0.4, -0.2) is 10.1 Å². The summed E-state index contributed by atoms with van der Waals surface area (Å²) in [5.74, 6) is 1.02. The number of hydrogen-bond donors (Lipinski definition) is 1. The largest absolute Gasteiger partial charge is 0.508 e. The van der Waals surface area contributed by atoms with E-state index in [1.807, 2.05) is 31.2 Å². The standard InChI is InChI=1S/C14H11NO2S/c1-9-13(12-6-3-7-17-12)15-14(18-9)10-4-2-5-11(16)8-10/h2-8,16H,1H3. The summed E-state index contributed by atoms with van der Waals surface area (Å²) in [7, 11) is 0. The Morgan fingerprint density at radius 2 is 2.11 bits per heavy atom. The smallest absolute Gasteiger partial charge is 0.153 e. The van der Waals surface area contributed by atoms with Gasteiger partial charge in [0, 0.05) is 10.4 Å². The molecule has 4 heteroatoms. The van der Waals surface area contributed by atoms with E-state index >= 15 is 0 Å². The van der Waals surface area contributed by atoms with Gasteiger partial charge in [0.2, 0.25) is 0 Å². The van der Waals surface area contributed by atoms with Gasteiger partial charge in [0.25, 0.3) is 0 Å². The van der Waals surface area contributed by atoms with Crippen LogP contribution >= 0.6 is 11.3 Å². The topological polar surface area (TPSA) is 46.3 Å². The molecule has 3 aromatic rings. The van der Waals surface area contributed by atoms with Gasteiger partial charge in [-0.2, -0.15) is 0 Å². The first kappa shape index (κ1) is 11.0. The minimum atomic E-state index is 0.250. The van der Waals surface area contributed by atoms with Crippen molar-refractivity contribution >= 4 is 11.3 Å². The van der Waals surface area contributed by atoms with E-state index in [0.717, 1.165) is 26.9 Å². The molecule has 0 aliphatic rings. The first-order chi connectivity index (χ1) is 8.74. The zero-order chi connectivity index (χ0) is 12.5. The Bertz CT molecular complexity index is 671. The fourth-order valence-electron chi connectivity index (χ4n) is 1.80. The highest BCUT2D eigenvalue weighted by Gasteiger charge is 2.13. The lowest BCUT2D eigenvalue weighted by molar-refractivity contribution is 0.475. The number of nitrogens with zero attached hydrogens (tertiary/aromatic N) is 1. The lowest BCUT2D eigenvalue weighted by Crippen LogP contribution is -1.78. The minimum Gasteiger partial charge on any atom is -0.508 e. The average molecular weight is 257 g/mol. The fraction of sp³-hybridized carbons (Fsp3) is 0.0714. The quantitative estimate of drug-likeness (QED) is 0.752. The SMILES string of the molecule is Cc1sc(-c2cccc(O)c2)nc1-c1ccco1. The van der Waals surface area contributed by atoms with Gasteiger partial charge in [-0.15, -0.1) is 11.3 Å². The molecule has 0 saturated carbocycles. The molecule has 0 fully saturated rings. The third kappa shape index (κ3) is 1.91. The molecule has 0 amide bonds. The van der Waals surface area contributed by atoms with Gasteiger partial charge in [0.15, 0.2) is 5.76 Å². The lowest BCUT2D eigenvalue weighted by Gasteiger charge is -1.96. The summed E-state index contributed by atoms with van der Waals surface area (Å²) in [6, 6.07) is 10.9. The van der Waals surface area contributed by atoms with Crippen LogP contribution in [0, 0.1) is 6.92 Å². The predicted molar refractivity (Wildman–Crippen MR) is 71.7 cm³/mol. The molecule has 2 aromatic heterocycles. The normalized spacial score (nSPS) is 10.7. The highest BCUT2D eigenvalue weighted by atomic mass is 32.1. The molecule has 0 spiro atoms. The number of phenolic OH excluding ortho intramolecular Hbond substituents is 1. The van der Waals surface area contributed by atoms with Gasteiger partial charge in [-0.3, -0.25) is 0 Å². The molecular formula is C14H11NO2S. The Balaban J connectivity index is 2.08. The number of aromatic nitrogens is 1. The number of aromatic hydroxyl groups is 1. The predicted octanol–water partition coefficient (Wildman–Crippen LogP) is 4.08. The van der Waals surface area contributed by atoms with E-state index in [1.54, 1.807) is 29.7 Å². The molecule has 18 heavy (non-hydrogen) atoms. The van der Waals surface area contributed by atoms with E-state index in [-0.39, 0.29) is 5.75 Å². The van der Waals surface area contributed by atoms with Crippen molar-refractivity contribution in [2.45, 2.75) is 6.92 Å². The van der Waals surface area contributed by atoms with Crippen LogP contribution in [-0.2, 0) is 0 Å². The Kier molecular flexibility index (Phi) is 2.64. The number of phenols is 1. The van der Waals surface area contributed by atoms with Crippen LogP contribution in [0.4, 0.5) is 0 Å². The molecule has 2 heterocycles. The summed E-state index contributed by atoms with van der Waals surface area (Å²) in [6.45, 7) is 2.02. The summed E-state index contributed by atoms with van der Waals surface area (Å²) >= 11 is 1.59. The van der Waals surface area contributed by atoms with Crippen LogP contribution in [0.1, 0.15) is 4.88 Å². The van der Waals surface area contributed by atoms with Gasteiger partial charge in [0.05, 0.1) is 6.26 Å². The highest BCUT2D eigenvalue weighted by molar-refractivity contribution is 7.15. The van der Waals surface area contributed by atoms with Crippen LogP contribution in [0.2, 0.25) is 0 Å². The molecule has 0 saturated heterocycles. The first-order valence-corrected chi connectivity index (χ1v) is 6.36. The maximum atomic E-state index is 9.49. The molecule has 0 atom stereocenters. The van der Waals surface area contributed by atoms with E-state index in [9.17, 15) is 5.11 Å². The van der Waals surface area contributed by atoms with Crippen molar-refractivity contribution < 1.29 is 9.52 Å². The number of hydrogen-bond acceptors (Lipinski definition) is 4. The molecule has 0 bridgehead atoms. The first-order valence-electron chi connectivity index (χ1n) is 5.55. The third-order valence-corrected chi connectivity index (χ3v) is 3.66. The summed E-state index contributed by atoms with van der Waals surface area (Å²) in [5, 5.41) is 10.4. The zero-order valence-electron chi connectivity index (χ0n) is 9.75. The maximum absolute atomic E-state index is 9.49. The van der Waals surface area contributed by atoms with Crippen LogP contribution in [0.25, 0.3) is 22.0 Å². The summed E-state index contributed by atoms with van der Waals surface area (Å²) in [5.41, 5.74) is 1.78. The molecule has 1 aromatic carbocycles. The highest BCUT2D eigenvalue weighted by Crippen LogP contribution is 2.34. The summed E-state index contributed by atoms with van der Waals surface area (Å²) in [4.78, 5) is 5.68. The number of rotatable bonds is 2. The zero-order valence-corrected chi connectivity index (χ0v) is 10.6. The van der Waals surface area contributed by atoms with Crippen LogP contribution in [0.5, 0.6) is 5.75 Å². The Morgan fingerprint density at radius 3 is 2.83 bits per heavy atom. The molecular weight excluding hydrogens is 246 g/mol.